The van der Waals surface area contributed by atoms with Crippen molar-refractivity contribution in [3.05, 3.63) is 60.2 Å². The van der Waals surface area contributed by atoms with Crippen LogP contribution in [-0.4, -0.2) is 69.3 Å². The van der Waals surface area contributed by atoms with Crippen LogP contribution in [-0.2, 0) is 17.9 Å². The number of nitrogens with zero attached hydrogens (tertiary/aromatic N) is 5. The van der Waals surface area contributed by atoms with Gasteiger partial charge in [-0.2, -0.15) is 0 Å². The third kappa shape index (κ3) is 3.73. The Morgan fingerprint density at radius 2 is 1.74 bits per heavy atom. The van der Waals surface area contributed by atoms with E-state index in [9.17, 15) is 4.79 Å². The van der Waals surface area contributed by atoms with E-state index in [0.29, 0.717) is 6.54 Å². The second-order valence-electron chi connectivity index (χ2n) is 7.63. The first-order chi connectivity index (χ1) is 13.2. The summed E-state index contributed by atoms with van der Waals surface area (Å²) in [5, 5.41) is 0. The average molecular weight is 365 g/mol. The molecule has 2 aliphatic heterocycles. The minimum atomic E-state index is -0.355. The molecule has 4 heterocycles. The molecular formula is C21H27N5O. The molecule has 2 aromatic rings. The molecular weight excluding hydrogens is 338 g/mol. The summed E-state index contributed by atoms with van der Waals surface area (Å²) in [5.41, 5.74) is 1.88. The Kier molecular flexibility index (Phi) is 5.18. The normalized spacial score (nSPS) is 20.9. The Labute approximate surface area is 160 Å². The van der Waals surface area contributed by atoms with Gasteiger partial charge in [0, 0.05) is 57.9 Å². The van der Waals surface area contributed by atoms with Gasteiger partial charge in [0.2, 0.25) is 5.91 Å². The molecule has 0 N–H and O–H groups in total. The smallest absolute Gasteiger partial charge is 0.243 e. The second-order valence-corrected chi connectivity index (χ2v) is 7.63. The summed E-state index contributed by atoms with van der Waals surface area (Å²) in [7, 11) is 2.11. The standard InChI is InChI=1S/C21H27N5O/c1-24-14-15-26(16-18-5-10-22-11-6-18)20(27)21(24)7-12-25(13-8-21)17-19-4-2-3-9-23-19/h2-6,9-11H,7-8,12-17H2,1H3. The Morgan fingerprint density at radius 1 is 0.963 bits per heavy atom. The van der Waals surface area contributed by atoms with Gasteiger partial charge in [-0.3, -0.25) is 24.6 Å². The third-order valence-electron chi connectivity index (χ3n) is 6.04. The van der Waals surface area contributed by atoms with Gasteiger partial charge in [0.15, 0.2) is 0 Å². The van der Waals surface area contributed by atoms with Crippen molar-refractivity contribution in [1.82, 2.24) is 24.7 Å². The molecule has 142 valence electrons. The molecule has 2 aliphatic rings. The number of hydrogen-bond donors (Lipinski definition) is 0. The van der Waals surface area contributed by atoms with Gasteiger partial charge in [0.1, 0.15) is 5.54 Å². The molecule has 1 amide bonds. The van der Waals surface area contributed by atoms with E-state index in [4.69, 9.17) is 0 Å². The number of likely N-dealkylation sites (tertiary alicyclic amines) is 1. The van der Waals surface area contributed by atoms with Crippen LogP contribution in [0.1, 0.15) is 24.1 Å². The SMILES string of the molecule is CN1CCN(Cc2ccncc2)C(=O)C12CCN(Cc1ccccn1)CC2. The molecule has 0 bridgehead atoms. The molecule has 4 rings (SSSR count). The van der Waals surface area contributed by atoms with Gasteiger partial charge in [-0.25, -0.2) is 0 Å². The Bertz CT molecular complexity index is 759. The maximum atomic E-state index is 13.4. The predicted molar refractivity (Wildman–Crippen MR) is 104 cm³/mol. The van der Waals surface area contributed by atoms with Crippen LogP contribution in [0.5, 0.6) is 0 Å². The Morgan fingerprint density at radius 3 is 2.44 bits per heavy atom. The zero-order chi connectivity index (χ0) is 18.7. The number of amides is 1. The van der Waals surface area contributed by atoms with E-state index in [2.05, 4.69) is 32.9 Å². The van der Waals surface area contributed by atoms with Crippen molar-refractivity contribution in [3.63, 3.8) is 0 Å². The molecule has 2 saturated heterocycles. The summed E-state index contributed by atoms with van der Waals surface area (Å²) in [6.07, 6.45) is 7.18. The van der Waals surface area contributed by atoms with Crippen LogP contribution in [0.15, 0.2) is 48.9 Å². The molecule has 0 radical (unpaired) electrons. The monoisotopic (exact) mass is 365 g/mol. The number of aromatic nitrogens is 2. The summed E-state index contributed by atoms with van der Waals surface area (Å²) in [5.74, 6) is 0.283. The molecule has 2 aromatic heterocycles. The molecule has 0 aromatic carbocycles. The van der Waals surface area contributed by atoms with E-state index in [0.717, 1.165) is 56.8 Å². The summed E-state index contributed by atoms with van der Waals surface area (Å²) in [4.78, 5) is 28.7. The highest BCUT2D eigenvalue weighted by molar-refractivity contribution is 5.87. The summed E-state index contributed by atoms with van der Waals surface area (Å²) in [6.45, 7) is 5.10. The first-order valence-electron chi connectivity index (χ1n) is 9.69. The Hall–Kier alpha value is -2.31. The van der Waals surface area contributed by atoms with Crippen molar-refractivity contribution < 1.29 is 4.79 Å². The lowest BCUT2D eigenvalue weighted by molar-refractivity contribution is -0.155. The number of rotatable bonds is 4. The van der Waals surface area contributed by atoms with E-state index < -0.39 is 0 Å². The van der Waals surface area contributed by atoms with Crippen LogP contribution in [0, 0.1) is 0 Å². The van der Waals surface area contributed by atoms with Crippen molar-refractivity contribution in [2.24, 2.45) is 0 Å². The molecule has 0 unspecified atom stereocenters. The molecule has 0 saturated carbocycles. The zero-order valence-electron chi connectivity index (χ0n) is 15.9. The molecule has 6 heteroatoms. The fourth-order valence-electron chi connectivity index (χ4n) is 4.30. The summed E-state index contributed by atoms with van der Waals surface area (Å²) >= 11 is 0. The highest BCUT2D eigenvalue weighted by Crippen LogP contribution is 2.33. The zero-order valence-corrected chi connectivity index (χ0v) is 15.9. The van der Waals surface area contributed by atoms with E-state index in [1.807, 2.05) is 35.4 Å². The highest BCUT2D eigenvalue weighted by atomic mass is 16.2. The topological polar surface area (TPSA) is 52.6 Å². The van der Waals surface area contributed by atoms with Crippen LogP contribution < -0.4 is 0 Å². The lowest BCUT2D eigenvalue weighted by Gasteiger charge is -2.51. The molecule has 0 atom stereocenters. The maximum Gasteiger partial charge on any atom is 0.243 e. The van der Waals surface area contributed by atoms with Crippen molar-refractivity contribution in [1.29, 1.82) is 0 Å². The maximum absolute atomic E-state index is 13.4. The summed E-state index contributed by atoms with van der Waals surface area (Å²) < 4.78 is 0. The largest absolute Gasteiger partial charge is 0.335 e. The van der Waals surface area contributed by atoms with Gasteiger partial charge < -0.3 is 4.90 Å². The molecule has 1 spiro atoms. The second kappa shape index (κ2) is 7.74. The molecule has 6 nitrogen and oxygen atoms in total. The fourth-order valence-corrected chi connectivity index (χ4v) is 4.30. The molecule has 2 fully saturated rings. The average Bonchev–Trinajstić information content (AvgIpc) is 2.72. The quantitative estimate of drug-likeness (QED) is 0.827. The van der Waals surface area contributed by atoms with Crippen LogP contribution in [0.4, 0.5) is 0 Å². The lowest BCUT2D eigenvalue weighted by Crippen LogP contribution is -2.67. The first-order valence-corrected chi connectivity index (χ1v) is 9.69. The van der Waals surface area contributed by atoms with Crippen molar-refractivity contribution in [2.45, 2.75) is 31.5 Å². The minimum Gasteiger partial charge on any atom is -0.335 e. The van der Waals surface area contributed by atoms with E-state index in [1.165, 1.54) is 0 Å². The van der Waals surface area contributed by atoms with Gasteiger partial charge in [-0.1, -0.05) is 6.07 Å². The van der Waals surface area contributed by atoms with E-state index in [1.54, 1.807) is 12.4 Å². The Balaban J connectivity index is 1.43. The van der Waals surface area contributed by atoms with Crippen molar-refractivity contribution >= 4 is 5.91 Å². The summed E-state index contributed by atoms with van der Waals surface area (Å²) in [6, 6.07) is 10.0. The lowest BCUT2D eigenvalue weighted by atomic mass is 9.82. The van der Waals surface area contributed by atoms with Crippen LogP contribution in [0.2, 0.25) is 0 Å². The van der Waals surface area contributed by atoms with E-state index in [-0.39, 0.29) is 11.4 Å². The number of carbonyl (C=O) groups excluding carboxylic acids is 1. The van der Waals surface area contributed by atoms with Crippen LogP contribution in [0.25, 0.3) is 0 Å². The fraction of sp³-hybridized carbons (Fsp3) is 0.476. The number of piperidine rings is 1. The molecule has 0 aliphatic carbocycles. The van der Waals surface area contributed by atoms with E-state index >= 15 is 0 Å². The number of hydrogen-bond acceptors (Lipinski definition) is 5. The highest BCUT2D eigenvalue weighted by Gasteiger charge is 2.49. The number of likely N-dealkylation sites (N-methyl/N-ethyl adjacent to an activating group) is 1. The minimum absolute atomic E-state index is 0.283. The van der Waals surface area contributed by atoms with Crippen LogP contribution >= 0.6 is 0 Å². The van der Waals surface area contributed by atoms with Gasteiger partial charge >= 0.3 is 0 Å². The number of piperazine rings is 1. The first kappa shape index (κ1) is 18.1. The van der Waals surface area contributed by atoms with Crippen molar-refractivity contribution in [2.75, 3.05) is 33.2 Å². The number of carbonyl (C=O) groups is 1. The van der Waals surface area contributed by atoms with Gasteiger partial charge in [0.05, 0.1) is 5.69 Å². The van der Waals surface area contributed by atoms with Crippen molar-refractivity contribution in [3.8, 4) is 0 Å². The third-order valence-corrected chi connectivity index (χ3v) is 6.04. The van der Waals surface area contributed by atoms with Gasteiger partial charge in [-0.05, 0) is 49.7 Å². The van der Waals surface area contributed by atoms with Gasteiger partial charge in [0.25, 0.3) is 0 Å². The molecule has 27 heavy (non-hydrogen) atoms. The van der Waals surface area contributed by atoms with Gasteiger partial charge in [-0.15, -0.1) is 0 Å². The number of pyridine rings is 2. The predicted octanol–water partition coefficient (Wildman–Crippen LogP) is 1.79. The van der Waals surface area contributed by atoms with Crippen LogP contribution in [0.3, 0.4) is 0 Å².